The van der Waals surface area contributed by atoms with Gasteiger partial charge in [-0.25, -0.2) is 8.78 Å². The molecule has 0 saturated carbocycles. The number of halogens is 3. The van der Waals surface area contributed by atoms with E-state index in [-0.39, 0.29) is 16.3 Å². The summed E-state index contributed by atoms with van der Waals surface area (Å²) >= 11 is 6.76. The number of aromatic nitrogens is 2. The minimum absolute atomic E-state index is 0.0307. The second-order valence-electron chi connectivity index (χ2n) is 8.13. The maximum absolute atomic E-state index is 13.9. The first kappa shape index (κ1) is 23.4. The number of hydrogen-bond acceptors (Lipinski definition) is 5. The van der Waals surface area contributed by atoms with E-state index in [1.165, 1.54) is 6.07 Å². The molecule has 0 unspecified atom stereocenters. The second-order valence-corrected chi connectivity index (χ2v) is 8.51. The number of nitrogens with one attached hydrogen (secondary N) is 1. The Kier molecular flexibility index (Phi) is 7.39. The molecule has 33 heavy (non-hydrogen) atoms. The van der Waals surface area contributed by atoms with Gasteiger partial charge in [-0.1, -0.05) is 47.0 Å². The first-order chi connectivity index (χ1) is 15.9. The average Bonchev–Trinajstić information content (AvgIpc) is 2.82. The van der Waals surface area contributed by atoms with Gasteiger partial charge in [-0.05, 0) is 25.2 Å². The number of quaternary nitrogens is 1. The molecular weight excluding hydrogens is 446 g/mol. The molecule has 1 aliphatic rings. The lowest BCUT2D eigenvalue weighted by Crippen LogP contribution is -2.81. The number of nitrogens with zero attached hydrogens (tertiary/aromatic N) is 4. The molecule has 0 amide bonds. The van der Waals surface area contributed by atoms with Crippen LogP contribution in [-0.4, -0.2) is 72.0 Å². The summed E-state index contributed by atoms with van der Waals surface area (Å²) in [6.45, 7) is 5.62. The third kappa shape index (κ3) is 5.42. The van der Waals surface area contributed by atoms with Crippen molar-refractivity contribution >= 4 is 23.1 Å². The fourth-order valence-corrected chi connectivity index (χ4v) is 4.18. The third-order valence-corrected chi connectivity index (χ3v) is 6.19. The predicted molar refractivity (Wildman–Crippen MR) is 125 cm³/mol. The van der Waals surface area contributed by atoms with Gasteiger partial charge < -0.3 is 4.90 Å². The molecule has 1 aromatic heterocycles. The predicted octanol–water partition coefficient (Wildman–Crippen LogP) is 2.93. The van der Waals surface area contributed by atoms with Crippen molar-refractivity contribution in [3.05, 3.63) is 76.3 Å². The summed E-state index contributed by atoms with van der Waals surface area (Å²) in [5.41, 5.74) is 1.75. The Morgan fingerprint density at radius 3 is 2.45 bits per heavy atom. The van der Waals surface area contributed by atoms with Gasteiger partial charge in [0.25, 0.3) is 5.82 Å². The smallest absolute Gasteiger partial charge is 0.254 e. The fraction of sp³-hybridized carbons (Fsp3) is 0.292. The molecule has 9 heteroatoms. The summed E-state index contributed by atoms with van der Waals surface area (Å²) in [4.78, 5) is 4.68. The van der Waals surface area contributed by atoms with Crippen LogP contribution in [0.4, 0.5) is 14.6 Å². The molecule has 6 nitrogen and oxygen atoms in total. The Bertz CT molecular complexity index is 1130. The zero-order valence-corrected chi connectivity index (χ0v) is 19.1. The second kappa shape index (κ2) is 10.4. The highest BCUT2D eigenvalue weighted by molar-refractivity contribution is 6.38. The molecular formula is C24H26ClF2N6+. The van der Waals surface area contributed by atoms with Gasteiger partial charge >= 0.3 is 0 Å². The highest BCUT2D eigenvalue weighted by atomic mass is 35.5. The van der Waals surface area contributed by atoms with E-state index in [0.717, 1.165) is 50.4 Å². The Balaban J connectivity index is 1.64. The molecule has 0 atom stereocenters. The largest absolute Gasteiger partial charge is 0.304 e. The van der Waals surface area contributed by atoms with E-state index in [2.05, 4.69) is 27.0 Å². The van der Waals surface area contributed by atoms with Crippen LogP contribution in [0.2, 0.25) is 5.02 Å². The van der Waals surface area contributed by atoms with Crippen LogP contribution in [0.15, 0.2) is 48.5 Å². The standard InChI is InChI=1S/C24H25ClF2N6/c1-32-11-13-33(14-12-32)10-9-29-24-20(22(28)17-7-8-18(26)19(27)15-17)21(25)23(30-31-24)16-5-3-2-4-6-16/h2-8,15,28H,9-14H2,1H3,(H,29,31)/p+1. The van der Waals surface area contributed by atoms with Gasteiger partial charge in [-0.15, -0.1) is 5.10 Å². The monoisotopic (exact) mass is 471 g/mol. The van der Waals surface area contributed by atoms with Crippen LogP contribution in [0.5, 0.6) is 0 Å². The molecule has 4 rings (SSSR count). The lowest BCUT2D eigenvalue weighted by molar-refractivity contribution is -0.575. The molecule has 1 saturated heterocycles. The molecule has 3 aromatic rings. The van der Waals surface area contributed by atoms with Crippen LogP contribution >= 0.6 is 11.6 Å². The first-order valence-electron chi connectivity index (χ1n) is 10.8. The van der Waals surface area contributed by atoms with Crippen LogP contribution in [0.3, 0.4) is 0 Å². The topological polar surface area (TPSA) is 72.7 Å². The molecule has 2 heterocycles. The summed E-state index contributed by atoms with van der Waals surface area (Å²) in [5.74, 6) is -1.52. The summed E-state index contributed by atoms with van der Waals surface area (Å²) in [6, 6.07) is 12.7. The van der Waals surface area contributed by atoms with E-state index in [1.54, 1.807) is 0 Å². The summed E-state index contributed by atoms with van der Waals surface area (Å²) in [6.07, 6.45) is 0. The van der Waals surface area contributed by atoms with Crippen molar-refractivity contribution in [1.82, 2.24) is 20.0 Å². The highest BCUT2D eigenvalue weighted by Gasteiger charge is 2.24. The summed E-state index contributed by atoms with van der Waals surface area (Å²) in [5, 5.41) is 19.6. The van der Waals surface area contributed by atoms with Crippen molar-refractivity contribution in [3.63, 3.8) is 0 Å². The maximum atomic E-state index is 13.9. The SMILES string of the molecule is CN1CCN(CC[NH2+]c2nnc(-c3ccccc3)c(Cl)c2C(=N)c2ccc(F)c(F)c2)CC1. The lowest BCUT2D eigenvalue weighted by Gasteiger charge is -2.31. The Morgan fingerprint density at radius 1 is 1.03 bits per heavy atom. The van der Waals surface area contributed by atoms with Gasteiger partial charge in [0, 0.05) is 43.9 Å². The number of rotatable bonds is 7. The zero-order valence-electron chi connectivity index (χ0n) is 18.4. The van der Waals surface area contributed by atoms with Crippen molar-refractivity contribution in [3.8, 4) is 11.3 Å². The van der Waals surface area contributed by atoms with Crippen molar-refractivity contribution in [2.24, 2.45) is 0 Å². The van der Waals surface area contributed by atoms with Gasteiger partial charge in [-0.3, -0.25) is 15.6 Å². The molecule has 2 aromatic carbocycles. The molecule has 1 fully saturated rings. The summed E-state index contributed by atoms with van der Waals surface area (Å²) in [7, 11) is 2.12. The normalized spacial score (nSPS) is 15.0. The van der Waals surface area contributed by atoms with Crippen molar-refractivity contribution in [2.75, 3.05) is 46.3 Å². The van der Waals surface area contributed by atoms with E-state index in [4.69, 9.17) is 17.0 Å². The van der Waals surface area contributed by atoms with E-state index >= 15 is 0 Å². The van der Waals surface area contributed by atoms with Gasteiger partial charge in [0.05, 0.1) is 17.3 Å². The van der Waals surface area contributed by atoms with Crippen LogP contribution in [0.1, 0.15) is 11.1 Å². The van der Waals surface area contributed by atoms with Crippen LogP contribution in [0.25, 0.3) is 11.3 Å². The minimum Gasteiger partial charge on any atom is -0.304 e. The Labute approximate surface area is 196 Å². The maximum Gasteiger partial charge on any atom is 0.254 e. The number of piperazine rings is 1. The number of hydrogen-bond donors (Lipinski definition) is 2. The van der Waals surface area contributed by atoms with Gasteiger partial charge in [-0.2, -0.15) is 0 Å². The molecule has 0 spiro atoms. The zero-order chi connectivity index (χ0) is 23.4. The van der Waals surface area contributed by atoms with Crippen LogP contribution in [0, 0.1) is 17.0 Å². The number of likely N-dealkylation sites (N-methyl/N-ethyl adjacent to an activating group) is 1. The molecule has 1 aliphatic heterocycles. The molecule has 172 valence electrons. The Hall–Kier alpha value is -2.78. The molecule has 0 radical (unpaired) electrons. The van der Waals surface area contributed by atoms with E-state index < -0.39 is 11.6 Å². The van der Waals surface area contributed by atoms with Gasteiger partial charge in [0.15, 0.2) is 11.6 Å². The van der Waals surface area contributed by atoms with Crippen molar-refractivity contribution < 1.29 is 14.1 Å². The molecule has 0 aliphatic carbocycles. The van der Waals surface area contributed by atoms with Crippen molar-refractivity contribution in [2.45, 2.75) is 0 Å². The van der Waals surface area contributed by atoms with Crippen LogP contribution in [-0.2, 0) is 0 Å². The number of nitrogens with two attached hydrogens (primary N) is 1. The highest BCUT2D eigenvalue weighted by Crippen LogP contribution is 2.32. The van der Waals surface area contributed by atoms with E-state index in [1.807, 2.05) is 35.6 Å². The molecule has 3 N–H and O–H groups in total. The van der Waals surface area contributed by atoms with Crippen LogP contribution < -0.4 is 5.32 Å². The molecule has 0 bridgehead atoms. The number of benzene rings is 2. The third-order valence-electron chi connectivity index (χ3n) is 5.83. The minimum atomic E-state index is -1.01. The quantitative estimate of drug-likeness (QED) is 0.520. The average molecular weight is 472 g/mol. The Morgan fingerprint density at radius 2 is 1.76 bits per heavy atom. The van der Waals surface area contributed by atoms with Crippen molar-refractivity contribution in [1.29, 1.82) is 5.41 Å². The van der Waals surface area contributed by atoms with Gasteiger partial charge in [0.1, 0.15) is 11.3 Å². The van der Waals surface area contributed by atoms with E-state index in [0.29, 0.717) is 23.6 Å². The first-order valence-corrected chi connectivity index (χ1v) is 11.2. The lowest BCUT2D eigenvalue weighted by atomic mass is 10.0. The fourth-order valence-electron chi connectivity index (χ4n) is 3.84. The summed E-state index contributed by atoms with van der Waals surface area (Å²) < 4.78 is 27.4. The van der Waals surface area contributed by atoms with E-state index in [9.17, 15) is 8.78 Å². The van der Waals surface area contributed by atoms with Gasteiger partial charge in [0.2, 0.25) is 0 Å².